The van der Waals surface area contributed by atoms with Crippen LogP contribution in [0.1, 0.15) is 20.8 Å². The molecule has 0 radical (unpaired) electrons. The molecule has 2 rings (SSSR count). The smallest absolute Gasteiger partial charge is 0.319 e. The quantitative estimate of drug-likeness (QED) is 0.842. The molecule has 5 nitrogen and oxygen atoms in total. The lowest BCUT2D eigenvalue weighted by molar-refractivity contribution is -0.0504. The lowest BCUT2D eigenvalue weighted by atomic mass is 9.76. The van der Waals surface area contributed by atoms with Crippen LogP contribution in [0.4, 0.5) is 5.82 Å². The molecule has 0 aromatic carbocycles. The number of nitrogens with zero attached hydrogens (tertiary/aromatic N) is 3. The van der Waals surface area contributed by atoms with Crippen LogP contribution in [0.3, 0.4) is 0 Å². The summed E-state index contributed by atoms with van der Waals surface area (Å²) in [6.07, 6.45) is 0. The van der Waals surface area contributed by atoms with E-state index < -0.39 is 5.60 Å². The monoisotopic (exact) mass is 285 g/mol. The van der Waals surface area contributed by atoms with Crippen molar-refractivity contribution in [2.24, 2.45) is 11.8 Å². The predicted octanol–water partition coefficient (Wildman–Crippen LogP) is 1.98. The van der Waals surface area contributed by atoms with Crippen LogP contribution in [0.25, 0.3) is 0 Å². The van der Waals surface area contributed by atoms with Gasteiger partial charge in [0.2, 0.25) is 0 Å². The molecule has 1 N–H and O–H groups in total. The highest BCUT2D eigenvalue weighted by atomic mass is 35.5. The summed E-state index contributed by atoms with van der Waals surface area (Å²) in [6, 6.07) is 1.99. The van der Waals surface area contributed by atoms with Gasteiger partial charge in [-0.05, 0) is 6.92 Å². The van der Waals surface area contributed by atoms with Gasteiger partial charge in [0.05, 0.1) is 12.7 Å². The molecule has 2 heterocycles. The molecule has 3 atom stereocenters. The van der Waals surface area contributed by atoms with Crippen LogP contribution in [0, 0.1) is 11.8 Å². The van der Waals surface area contributed by atoms with Gasteiger partial charge >= 0.3 is 6.01 Å². The lowest BCUT2D eigenvalue weighted by Crippen LogP contribution is -2.55. The molecular weight excluding hydrogens is 266 g/mol. The minimum Gasteiger partial charge on any atom is -0.467 e. The Labute approximate surface area is 118 Å². The molecule has 0 aliphatic carbocycles. The number of aliphatic hydroxyl groups is 1. The lowest BCUT2D eigenvalue weighted by Gasteiger charge is -2.46. The fourth-order valence-corrected chi connectivity index (χ4v) is 2.59. The molecule has 1 fully saturated rings. The SMILES string of the molecule is COc1nc(Cl)cc(N2C[C@@H](C)C(C)(O)[C@@H](C)C2)n1. The number of halogens is 1. The molecule has 0 amide bonds. The van der Waals surface area contributed by atoms with Crippen molar-refractivity contribution < 1.29 is 9.84 Å². The van der Waals surface area contributed by atoms with Crippen molar-refractivity contribution in [3.05, 3.63) is 11.2 Å². The van der Waals surface area contributed by atoms with E-state index in [2.05, 4.69) is 14.9 Å². The Morgan fingerprint density at radius 1 is 1.37 bits per heavy atom. The molecule has 1 aliphatic heterocycles. The maximum atomic E-state index is 10.4. The summed E-state index contributed by atoms with van der Waals surface area (Å²) in [6.45, 7) is 7.44. The molecule has 19 heavy (non-hydrogen) atoms. The summed E-state index contributed by atoms with van der Waals surface area (Å²) in [5.41, 5.74) is -0.655. The Bertz CT molecular complexity index is 453. The Morgan fingerprint density at radius 3 is 2.47 bits per heavy atom. The van der Waals surface area contributed by atoms with Crippen LogP contribution < -0.4 is 9.64 Å². The third-order valence-corrected chi connectivity index (χ3v) is 4.34. The first-order chi connectivity index (χ1) is 8.84. The van der Waals surface area contributed by atoms with Crippen molar-refractivity contribution in [2.45, 2.75) is 26.4 Å². The highest BCUT2D eigenvalue weighted by Gasteiger charge is 2.40. The van der Waals surface area contributed by atoms with Gasteiger partial charge in [-0.2, -0.15) is 9.97 Å². The average molecular weight is 286 g/mol. The van der Waals surface area contributed by atoms with E-state index in [1.807, 2.05) is 20.8 Å². The van der Waals surface area contributed by atoms with E-state index in [1.165, 1.54) is 7.11 Å². The largest absolute Gasteiger partial charge is 0.467 e. The van der Waals surface area contributed by atoms with Crippen molar-refractivity contribution >= 4 is 17.4 Å². The van der Waals surface area contributed by atoms with Crippen molar-refractivity contribution in [2.75, 3.05) is 25.1 Å². The van der Waals surface area contributed by atoms with E-state index in [-0.39, 0.29) is 17.8 Å². The summed E-state index contributed by atoms with van der Waals surface area (Å²) >= 11 is 5.97. The number of hydrogen-bond acceptors (Lipinski definition) is 5. The van der Waals surface area contributed by atoms with Crippen LogP contribution >= 0.6 is 11.6 Å². The second kappa shape index (κ2) is 5.13. The van der Waals surface area contributed by atoms with Gasteiger partial charge in [0.1, 0.15) is 11.0 Å². The average Bonchev–Trinajstić information content (AvgIpc) is 2.35. The highest BCUT2D eigenvalue weighted by molar-refractivity contribution is 6.29. The third-order valence-electron chi connectivity index (χ3n) is 4.15. The molecule has 1 aromatic heterocycles. The Hall–Kier alpha value is -1.07. The van der Waals surface area contributed by atoms with Crippen molar-refractivity contribution in [1.29, 1.82) is 0 Å². The molecule has 0 bridgehead atoms. The molecule has 106 valence electrons. The number of rotatable bonds is 2. The fourth-order valence-electron chi connectivity index (χ4n) is 2.42. The number of anilines is 1. The zero-order chi connectivity index (χ0) is 14.2. The normalized spacial score (nSPS) is 31.4. The molecule has 1 aromatic rings. The Kier molecular flexibility index (Phi) is 3.87. The van der Waals surface area contributed by atoms with E-state index in [0.29, 0.717) is 5.15 Å². The zero-order valence-electron chi connectivity index (χ0n) is 11.7. The molecule has 0 spiro atoms. The topological polar surface area (TPSA) is 58.5 Å². The van der Waals surface area contributed by atoms with Gasteiger partial charge in [-0.3, -0.25) is 0 Å². The van der Waals surface area contributed by atoms with Crippen LogP contribution in [-0.4, -0.2) is 40.9 Å². The first kappa shape index (κ1) is 14.3. The van der Waals surface area contributed by atoms with Gasteiger partial charge in [-0.25, -0.2) is 0 Å². The second-order valence-electron chi connectivity index (χ2n) is 5.47. The molecular formula is C13H20ClN3O2. The standard InChI is InChI=1S/C13H20ClN3O2/c1-8-6-17(7-9(2)13(8,3)18)11-5-10(14)15-12(16-11)19-4/h5,8-9,18H,6-7H2,1-4H3/t8-,9+,13?. The fraction of sp³-hybridized carbons (Fsp3) is 0.692. The minimum atomic E-state index is -0.655. The predicted molar refractivity (Wildman–Crippen MR) is 74.8 cm³/mol. The summed E-state index contributed by atoms with van der Waals surface area (Å²) in [4.78, 5) is 10.4. The summed E-state index contributed by atoms with van der Waals surface area (Å²) in [5, 5.41) is 10.8. The van der Waals surface area contributed by atoms with Gasteiger partial charge in [-0.15, -0.1) is 0 Å². The van der Waals surface area contributed by atoms with Crippen LogP contribution in [-0.2, 0) is 0 Å². The van der Waals surface area contributed by atoms with E-state index in [1.54, 1.807) is 6.07 Å². The summed E-state index contributed by atoms with van der Waals surface area (Å²) < 4.78 is 5.04. The molecule has 1 saturated heterocycles. The van der Waals surface area contributed by atoms with Crippen molar-refractivity contribution in [3.8, 4) is 6.01 Å². The van der Waals surface area contributed by atoms with E-state index in [0.717, 1.165) is 18.9 Å². The van der Waals surface area contributed by atoms with E-state index in [4.69, 9.17) is 16.3 Å². The summed E-state index contributed by atoms with van der Waals surface area (Å²) in [5.74, 6) is 1.04. The van der Waals surface area contributed by atoms with Gasteiger partial charge < -0.3 is 14.7 Å². The minimum absolute atomic E-state index is 0.149. The number of hydrogen-bond donors (Lipinski definition) is 1. The molecule has 6 heteroatoms. The maximum absolute atomic E-state index is 10.4. The first-order valence-corrected chi connectivity index (χ1v) is 6.78. The number of ether oxygens (including phenoxy) is 1. The van der Waals surface area contributed by atoms with E-state index >= 15 is 0 Å². The van der Waals surface area contributed by atoms with Crippen molar-refractivity contribution in [3.63, 3.8) is 0 Å². The van der Waals surface area contributed by atoms with Gasteiger partial charge in [-0.1, -0.05) is 25.4 Å². The number of methoxy groups -OCH3 is 1. The maximum Gasteiger partial charge on any atom is 0.319 e. The number of aromatic nitrogens is 2. The van der Waals surface area contributed by atoms with E-state index in [9.17, 15) is 5.11 Å². The van der Waals surface area contributed by atoms with Crippen LogP contribution in [0.2, 0.25) is 5.15 Å². The van der Waals surface area contributed by atoms with Crippen molar-refractivity contribution in [1.82, 2.24) is 9.97 Å². The van der Waals surface area contributed by atoms with Crippen LogP contribution in [0.5, 0.6) is 6.01 Å². The van der Waals surface area contributed by atoms with Crippen LogP contribution in [0.15, 0.2) is 6.07 Å². The number of piperidine rings is 1. The third kappa shape index (κ3) is 2.77. The zero-order valence-corrected chi connectivity index (χ0v) is 12.5. The Balaban J connectivity index is 2.26. The second-order valence-corrected chi connectivity index (χ2v) is 5.86. The molecule has 1 unspecified atom stereocenters. The first-order valence-electron chi connectivity index (χ1n) is 6.40. The highest BCUT2D eigenvalue weighted by Crippen LogP contribution is 2.34. The molecule has 1 aliphatic rings. The summed E-state index contributed by atoms with van der Waals surface area (Å²) in [7, 11) is 1.52. The van der Waals surface area contributed by atoms with Gasteiger partial charge in [0.15, 0.2) is 0 Å². The van der Waals surface area contributed by atoms with Gasteiger partial charge in [0.25, 0.3) is 0 Å². The van der Waals surface area contributed by atoms with Gasteiger partial charge in [0, 0.05) is 31.0 Å². The Morgan fingerprint density at radius 2 is 1.95 bits per heavy atom. The molecule has 0 saturated carbocycles.